The van der Waals surface area contributed by atoms with E-state index in [1.54, 1.807) is 12.3 Å². The van der Waals surface area contributed by atoms with Crippen LogP contribution in [0.4, 0.5) is 0 Å². The summed E-state index contributed by atoms with van der Waals surface area (Å²) in [5.41, 5.74) is 1.56. The summed E-state index contributed by atoms with van der Waals surface area (Å²) in [6.45, 7) is 3.62. The average Bonchev–Trinajstić information content (AvgIpc) is 2.63. The second-order valence-corrected chi connectivity index (χ2v) is 3.27. The van der Waals surface area contributed by atoms with Gasteiger partial charge in [0.2, 0.25) is 0 Å². The quantitative estimate of drug-likeness (QED) is 0.755. The lowest BCUT2D eigenvalue weighted by Gasteiger charge is -1.99. The SMILES string of the molecule is C=CCc1c[nH]n(-c2ccccc2)c1=O. The van der Waals surface area contributed by atoms with Crippen molar-refractivity contribution in [2.45, 2.75) is 6.42 Å². The summed E-state index contributed by atoms with van der Waals surface area (Å²) in [6, 6.07) is 9.49. The van der Waals surface area contributed by atoms with Crippen molar-refractivity contribution in [3.8, 4) is 5.69 Å². The number of hydrogen-bond donors (Lipinski definition) is 1. The van der Waals surface area contributed by atoms with Crippen LogP contribution in [0.1, 0.15) is 5.56 Å². The lowest BCUT2D eigenvalue weighted by atomic mass is 10.2. The first-order chi connectivity index (χ1) is 7.33. The summed E-state index contributed by atoms with van der Waals surface area (Å²) in [5.74, 6) is 0. The summed E-state index contributed by atoms with van der Waals surface area (Å²) >= 11 is 0. The van der Waals surface area contributed by atoms with Crippen molar-refractivity contribution in [1.82, 2.24) is 9.78 Å². The fourth-order valence-corrected chi connectivity index (χ4v) is 1.48. The maximum atomic E-state index is 11.8. The van der Waals surface area contributed by atoms with E-state index in [0.29, 0.717) is 6.42 Å². The van der Waals surface area contributed by atoms with E-state index < -0.39 is 0 Å². The molecule has 0 unspecified atom stereocenters. The molecule has 1 aromatic heterocycles. The molecule has 0 saturated heterocycles. The Morgan fingerprint density at radius 3 is 2.73 bits per heavy atom. The number of hydrogen-bond acceptors (Lipinski definition) is 1. The van der Waals surface area contributed by atoms with Crippen molar-refractivity contribution in [1.29, 1.82) is 0 Å². The van der Waals surface area contributed by atoms with E-state index in [4.69, 9.17) is 0 Å². The van der Waals surface area contributed by atoms with Crippen LogP contribution >= 0.6 is 0 Å². The highest BCUT2D eigenvalue weighted by molar-refractivity contribution is 5.31. The maximum Gasteiger partial charge on any atom is 0.274 e. The molecule has 15 heavy (non-hydrogen) atoms. The molecule has 0 radical (unpaired) electrons. The van der Waals surface area contributed by atoms with Crippen LogP contribution < -0.4 is 5.56 Å². The average molecular weight is 200 g/mol. The second-order valence-electron chi connectivity index (χ2n) is 3.27. The van der Waals surface area contributed by atoms with Gasteiger partial charge in [-0.2, -0.15) is 0 Å². The van der Waals surface area contributed by atoms with Crippen molar-refractivity contribution in [2.75, 3.05) is 0 Å². The van der Waals surface area contributed by atoms with Gasteiger partial charge in [-0.05, 0) is 18.6 Å². The number of aromatic amines is 1. The molecule has 0 atom stereocenters. The normalized spacial score (nSPS) is 10.1. The summed E-state index contributed by atoms with van der Waals surface area (Å²) in [7, 11) is 0. The molecule has 2 aromatic rings. The van der Waals surface area contributed by atoms with Crippen molar-refractivity contribution < 1.29 is 0 Å². The highest BCUT2D eigenvalue weighted by Crippen LogP contribution is 2.03. The second kappa shape index (κ2) is 4.00. The zero-order valence-electron chi connectivity index (χ0n) is 8.31. The predicted octanol–water partition coefficient (Wildman–Crippen LogP) is 1.89. The lowest BCUT2D eigenvalue weighted by molar-refractivity contribution is 0.847. The van der Waals surface area contributed by atoms with Crippen LogP contribution in [0.3, 0.4) is 0 Å². The first-order valence-corrected chi connectivity index (χ1v) is 4.78. The number of aromatic nitrogens is 2. The molecular formula is C12H12N2O. The van der Waals surface area contributed by atoms with Gasteiger partial charge in [-0.15, -0.1) is 6.58 Å². The smallest absolute Gasteiger partial charge is 0.274 e. The number of para-hydroxylation sites is 1. The lowest BCUT2D eigenvalue weighted by Crippen LogP contribution is -2.16. The van der Waals surface area contributed by atoms with Gasteiger partial charge < -0.3 is 0 Å². The van der Waals surface area contributed by atoms with Crippen LogP contribution in [-0.2, 0) is 6.42 Å². The van der Waals surface area contributed by atoms with Gasteiger partial charge in [-0.25, -0.2) is 4.68 Å². The van der Waals surface area contributed by atoms with E-state index in [2.05, 4.69) is 11.7 Å². The predicted molar refractivity (Wildman–Crippen MR) is 60.3 cm³/mol. The number of nitrogens with one attached hydrogen (secondary N) is 1. The Balaban J connectivity index is 2.47. The molecule has 1 N–H and O–H groups in total. The summed E-state index contributed by atoms with van der Waals surface area (Å²) in [4.78, 5) is 11.8. The van der Waals surface area contributed by atoms with Crippen LogP contribution in [0.5, 0.6) is 0 Å². The van der Waals surface area contributed by atoms with E-state index in [-0.39, 0.29) is 5.56 Å². The molecule has 1 heterocycles. The van der Waals surface area contributed by atoms with Crippen LogP contribution in [0.25, 0.3) is 5.69 Å². The Morgan fingerprint density at radius 2 is 2.07 bits per heavy atom. The van der Waals surface area contributed by atoms with Crippen molar-refractivity contribution >= 4 is 0 Å². The molecule has 0 aliphatic rings. The van der Waals surface area contributed by atoms with E-state index in [1.807, 2.05) is 30.3 Å². The number of H-pyrrole nitrogens is 1. The minimum Gasteiger partial charge on any atom is -0.298 e. The third-order valence-corrected chi connectivity index (χ3v) is 2.22. The number of rotatable bonds is 3. The minimum absolute atomic E-state index is 0.0129. The first kappa shape index (κ1) is 9.52. The monoisotopic (exact) mass is 200 g/mol. The molecule has 0 fully saturated rings. The summed E-state index contributed by atoms with van der Waals surface area (Å²) in [5, 5.41) is 2.93. The van der Waals surface area contributed by atoms with Crippen LogP contribution in [0, 0.1) is 0 Å². The molecule has 0 amide bonds. The van der Waals surface area contributed by atoms with Crippen LogP contribution in [0.2, 0.25) is 0 Å². The zero-order chi connectivity index (χ0) is 10.7. The Labute approximate surface area is 87.7 Å². The molecule has 2 rings (SSSR count). The Morgan fingerprint density at radius 1 is 1.33 bits per heavy atom. The third kappa shape index (κ3) is 1.76. The topological polar surface area (TPSA) is 37.8 Å². The van der Waals surface area contributed by atoms with Crippen LogP contribution in [0.15, 0.2) is 54.0 Å². The van der Waals surface area contributed by atoms with E-state index >= 15 is 0 Å². The van der Waals surface area contributed by atoms with Crippen molar-refractivity contribution in [3.05, 3.63) is 65.1 Å². The molecular weight excluding hydrogens is 188 g/mol. The van der Waals surface area contributed by atoms with Crippen molar-refractivity contribution in [3.63, 3.8) is 0 Å². The molecule has 3 heteroatoms. The number of benzene rings is 1. The molecule has 0 spiro atoms. The van der Waals surface area contributed by atoms with Gasteiger partial charge in [-0.3, -0.25) is 9.89 Å². The van der Waals surface area contributed by atoms with Gasteiger partial charge in [0.1, 0.15) is 0 Å². The Bertz CT molecular complexity index is 508. The van der Waals surface area contributed by atoms with E-state index in [1.165, 1.54) is 4.68 Å². The van der Waals surface area contributed by atoms with Gasteiger partial charge in [0.05, 0.1) is 5.69 Å². The Hall–Kier alpha value is -2.03. The zero-order valence-corrected chi connectivity index (χ0v) is 8.31. The van der Waals surface area contributed by atoms with Crippen LogP contribution in [-0.4, -0.2) is 9.78 Å². The Kier molecular flexibility index (Phi) is 2.54. The fourth-order valence-electron chi connectivity index (χ4n) is 1.48. The number of allylic oxidation sites excluding steroid dienone is 1. The molecule has 3 nitrogen and oxygen atoms in total. The van der Waals surface area contributed by atoms with Gasteiger partial charge >= 0.3 is 0 Å². The summed E-state index contributed by atoms with van der Waals surface area (Å²) in [6.07, 6.45) is 4.03. The largest absolute Gasteiger partial charge is 0.298 e. The van der Waals surface area contributed by atoms with Gasteiger partial charge in [0.25, 0.3) is 5.56 Å². The highest BCUT2D eigenvalue weighted by atomic mass is 16.1. The molecule has 1 aromatic carbocycles. The van der Waals surface area contributed by atoms with E-state index in [0.717, 1.165) is 11.3 Å². The molecule has 0 bridgehead atoms. The standard InChI is InChI=1S/C12H12N2O/c1-2-6-10-9-13-14(12(10)15)11-7-4-3-5-8-11/h2-5,7-9,13H,1,6H2. The molecule has 0 aliphatic heterocycles. The van der Waals surface area contributed by atoms with Gasteiger partial charge in [0.15, 0.2) is 0 Å². The van der Waals surface area contributed by atoms with Gasteiger partial charge in [-0.1, -0.05) is 24.3 Å². The van der Waals surface area contributed by atoms with Crippen molar-refractivity contribution in [2.24, 2.45) is 0 Å². The molecule has 0 saturated carbocycles. The molecule has 76 valence electrons. The number of nitrogens with zero attached hydrogens (tertiary/aromatic N) is 1. The van der Waals surface area contributed by atoms with Gasteiger partial charge in [0, 0.05) is 11.8 Å². The van der Waals surface area contributed by atoms with E-state index in [9.17, 15) is 4.79 Å². The fraction of sp³-hybridized carbons (Fsp3) is 0.0833. The minimum atomic E-state index is -0.0129. The summed E-state index contributed by atoms with van der Waals surface area (Å²) < 4.78 is 1.53. The highest BCUT2D eigenvalue weighted by Gasteiger charge is 2.05. The third-order valence-electron chi connectivity index (χ3n) is 2.22. The maximum absolute atomic E-state index is 11.8. The molecule has 0 aliphatic carbocycles. The first-order valence-electron chi connectivity index (χ1n) is 4.78.